The van der Waals surface area contributed by atoms with Gasteiger partial charge in [0.25, 0.3) is 0 Å². The molecule has 0 amide bonds. The van der Waals surface area contributed by atoms with E-state index in [9.17, 15) is 0 Å². The fourth-order valence-corrected chi connectivity index (χ4v) is 3.27. The molecule has 0 radical (unpaired) electrons. The molecule has 140 valence electrons. The van der Waals surface area contributed by atoms with Gasteiger partial charge in [0.15, 0.2) is 11.5 Å². The Kier molecular flexibility index (Phi) is 7.02. The summed E-state index contributed by atoms with van der Waals surface area (Å²) < 4.78 is 12.8. The molecule has 0 saturated carbocycles. The summed E-state index contributed by atoms with van der Waals surface area (Å²) in [5, 5.41) is 4.10. The summed E-state index contributed by atoms with van der Waals surface area (Å²) in [5.41, 5.74) is 3.10. The maximum Gasteiger partial charge on any atom is 0.162 e. The number of ether oxygens (including phenoxy) is 2. The van der Waals surface area contributed by atoms with E-state index in [-0.39, 0.29) is 0 Å². The third kappa shape index (κ3) is 5.41. The molecule has 3 nitrogen and oxygen atoms in total. The van der Waals surface area contributed by atoms with E-state index in [1.165, 1.54) is 0 Å². The van der Waals surface area contributed by atoms with Crippen LogP contribution in [-0.2, 0) is 13.2 Å². The second-order valence-corrected chi connectivity index (χ2v) is 7.18. The van der Waals surface area contributed by atoms with Crippen LogP contribution in [0.3, 0.4) is 0 Å². The molecular weight excluding hydrogens is 426 g/mol. The van der Waals surface area contributed by atoms with Gasteiger partial charge in [0, 0.05) is 27.3 Å². The van der Waals surface area contributed by atoms with Crippen molar-refractivity contribution in [2.45, 2.75) is 20.1 Å². The largest absolute Gasteiger partial charge is 0.490 e. The first kappa shape index (κ1) is 19.6. The Labute approximate surface area is 173 Å². The van der Waals surface area contributed by atoms with Gasteiger partial charge in [-0.25, -0.2) is 0 Å². The first-order valence-corrected chi connectivity index (χ1v) is 9.95. The second-order valence-electron chi connectivity index (χ2n) is 5.92. The smallest absolute Gasteiger partial charge is 0.162 e. The van der Waals surface area contributed by atoms with Gasteiger partial charge in [-0.1, -0.05) is 63.9 Å². The Morgan fingerprint density at radius 3 is 2.33 bits per heavy atom. The highest BCUT2D eigenvalue weighted by atomic mass is 79.9. The topological polar surface area (TPSA) is 30.5 Å². The quantitative estimate of drug-likeness (QED) is 0.418. The molecule has 5 heteroatoms. The maximum absolute atomic E-state index is 6.22. The van der Waals surface area contributed by atoms with Crippen LogP contribution in [0, 0.1) is 0 Å². The third-order valence-electron chi connectivity index (χ3n) is 4.01. The van der Waals surface area contributed by atoms with Crippen molar-refractivity contribution >= 4 is 33.2 Å². The molecule has 3 aromatic carbocycles. The van der Waals surface area contributed by atoms with Crippen LogP contribution >= 0.6 is 27.5 Å². The van der Waals surface area contributed by atoms with Crippen LogP contribution < -0.4 is 14.8 Å². The van der Waals surface area contributed by atoms with Crippen molar-refractivity contribution in [2.24, 2.45) is 0 Å². The first-order valence-electron chi connectivity index (χ1n) is 8.77. The molecule has 1 N–H and O–H groups in total. The lowest BCUT2D eigenvalue weighted by atomic mass is 10.2. The van der Waals surface area contributed by atoms with E-state index in [2.05, 4.69) is 21.2 Å². The van der Waals surface area contributed by atoms with Gasteiger partial charge in [-0.2, -0.15) is 0 Å². The van der Waals surface area contributed by atoms with Crippen molar-refractivity contribution in [3.63, 3.8) is 0 Å². The van der Waals surface area contributed by atoms with Gasteiger partial charge in [-0.15, -0.1) is 0 Å². The van der Waals surface area contributed by atoms with Crippen LogP contribution in [0.4, 0.5) is 5.69 Å². The lowest BCUT2D eigenvalue weighted by Gasteiger charge is -2.16. The van der Waals surface area contributed by atoms with Gasteiger partial charge >= 0.3 is 0 Å². The number of hydrogen-bond acceptors (Lipinski definition) is 3. The van der Waals surface area contributed by atoms with Crippen molar-refractivity contribution < 1.29 is 9.47 Å². The van der Waals surface area contributed by atoms with Crippen molar-refractivity contribution in [1.29, 1.82) is 0 Å². The Bertz CT molecular complexity index is 887. The number of para-hydroxylation sites is 1. The standard InChI is InChI=1S/C22H21BrClNO2/c1-2-26-21-12-17(14-25-18-9-4-3-5-10-18)19(23)13-22(21)27-15-16-8-6-7-11-20(16)24/h3-13,25H,2,14-15H2,1H3. The molecule has 0 bridgehead atoms. The molecular formula is C22H21BrClNO2. The molecule has 3 rings (SSSR count). The summed E-state index contributed by atoms with van der Waals surface area (Å²) in [6.45, 7) is 3.58. The highest BCUT2D eigenvalue weighted by Gasteiger charge is 2.12. The van der Waals surface area contributed by atoms with Gasteiger partial charge in [-0.3, -0.25) is 0 Å². The minimum atomic E-state index is 0.383. The number of halogens is 2. The van der Waals surface area contributed by atoms with Gasteiger partial charge in [0.2, 0.25) is 0 Å². The monoisotopic (exact) mass is 445 g/mol. The fourth-order valence-electron chi connectivity index (χ4n) is 2.62. The van der Waals surface area contributed by atoms with Crippen LogP contribution in [-0.4, -0.2) is 6.61 Å². The molecule has 0 unspecified atom stereocenters. The number of nitrogens with one attached hydrogen (secondary N) is 1. The normalized spacial score (nSPS) is 10.5. The van der Waals surface area contributed by atoms with Gasteiger partial charge in [0.05, 0.1) is 6.61 Å². The molecule has 0 aliphatic rings. The summed E-state index contributed by atoms with van der Waals surface area (Å²) in [6, 6.07) is 21.7. The Balaban J connectivity index is 1.76. The second kappa shape index (κ2) is 9.67. The zero-order valence-corrected chi connectivity index (χ0v) is 17.4. The molecule has 0 spiro atoms. The molecule has 0 aromatic heterocycles. The lowest BCUT2D eigenvalue weighted by Crippen LogP contribution is -2.04. The molecule has 0 heterocycles. The van der Waals surface area contributed by atoms with Crippen LogP contribution in [0.5, 0.6) is 11.5 Å². The molecule has 0 fully saturated rings. The van der Waals surface area contributed by atoms with Crippen LogP contribution in [0.1, 0.15) is 18.1 Å². The van der Waals surface area contributed by atoms with E-state index in [1.54, 1.807) is 0 Å². The van der Waals surface area contributed by atoms with Crippen molar-refractivity contribution in [3.05, 3.63) is 87.4 Å². The fraction of sp³-hybridized carbons (Fsp3) is 0.182. The molecule has 0 saturated heterocycles. The zero-order chi connectivity index (χ0) is 19.1. The van der Waals surface area contributed by atoms with E-state index in [0.29, 0.717) is 30.5 Å². The van der Waals surface area contributed by atoms with Crippen molar-refractivity contribution in [3.8, 4) is 11.5 Å². The van der Waals surface area contributed by atoms with E-state index in [1.807, 2.05) is 73.7 Å². The number of benzene rings is 3. The van der Waals surface area contributed by atoms with Crippen LogP contribution in [0.15, 0.2) is 71.2 Å². The Morgan fingerprint density at radius 1 is 0.889 bits per heavy atom. The zero-order valence-electron chi connectivity index (χ0n) is 15.0. The summed E-state index contributed by atoms with van der Waals surface area (Å²) in [4.78, 5) is 0. The highest BCUT2D eigenvalue weighted by Crippen LogP contribution is 2.35. The van der Waals surface area contributed by atoms with Crippen molar-refractivity contribution in [1.82, 2.24) is 0 Å². The molecule has 0 aliphatic heterocycles. The van der Waals surface area contributed by atoms with Crippen molar-refractivity contribution in [2.75, 3.05) is 11.9 Å². The van der Waals surface area contributed by atoms with Gasteiger partial charge in [-0.05, 0) is 42.8 Å². The maximum atomic E-state index is 6.22. The summed E-state index contributed by atoms with van der Waals surface area (Å²) in [6.07, 6.45) is 0. The number of hydrogen-bond donors (Lipinski definition) is 1. The van der Waals surface area contributed by atoms with E-state index in [4.69, 9.17) is 21.1 Å². The van der Waals surface area contributed by atoms with E-state index < -0.39 is 0 Å². The molecule has 0 aliphatic carbocycles. The SMILES string of the molecule is CCOc1cc(CNc2ccccc2)c(Br)cc1OCc1ccccc1Cl. The average Bonchev–Trinajstić information content (AvgIpc) is 2.69. The number of anilines is 1. The number of rotatable bonds is 8. The minimum Gasteiger partial charge on any atom is -0.490 e. The molecule has 3 aromatic rings. The Morgan fingerprint density at radius 2 is 1.59 bits per heavy atom. The first-order chi connectivity index (χ1) is 13.2. The minimum absolute atomic E-state index is 0.383. The summed E-state index contributed by atoms with van der Waals surface area (Å²) in [5.74, 6) is 1.41. The Hall–Kier alpha value is -2.17. The summed E-state index contributed by atoms with van der Waals surface area (Å²) in [7, 11) is 0. The summed E-state index contributed by atoms with van der Waals surface area (Å²) >= 11 is 9.86. The molecule has 27 heavy (non-hydrogen) atoms. The van der Waals surface area contributed by atoms with Gasteiger partial charge in [0.1, 0.15) is 6.61 Å². The van der Waals surface area contributed by atoms with E-state index >= 15 is 0 Å². The van der Waals surface area contributed by atoms with Gasteiger partial charge < -0.3 is 14.8 Å². The predicted octanol–water partition coefficient (Wildman–Crippen LogP) is 6.69. The van der Waals surface area contributed by atoms with Crippen LogP contribution in [0.2, 0.25) is 5.02 Å². The average molecular weight is 447 g/mol. The van der Waals surface area contributed by atoms with Crippen LogP contribution in [0.25, 0.3) is 0 Å². The van der Waals surface area contributed by atoms with E-state index in [0.717, 1.165) is 27.0 Å². The molecule has 0 atom stereocenters. The lowest BCUT2D eigenvalue weighted by molar-refractivity contribution is 0.269. The third-order valence-corrected chi connectivity index (χ3v) is 5.12. The predicted molar refractivity (Wildman–Crippen MR) is 115 cm³/mol. The highest BCUT2D eigenvalue weighted by molar-refractivity contribution is 9.10.